The number of hydrogen-bond acceptors (Lipinski definition) is 3. The molecule has 2 heterocycles. The molecule has 0 saturated heterocycles. The summed E-state index contributed by atoms with van der Waals surface area (Å²) < 4.78 is 0. The number of rotatable bonds is 2. The number of H-pyrrole nitrogens is 1. The van der Waals surface area contributed by atoms with E-state index in [2.05, 4.69) is 9.97 Å². The van der Waals surface area contributed by atoms with Gasteiger partial charge in [-0.3, -0.25) is 0 Å². The number of hydrogen-bond donors (Lipinski definition) is 2. The van der Waals surface area contributed by atoms with Crippen molar-refractivity contribution in [3.63, 3.8) is 0 Å². The molecule has 5 heteroatoms. The Bertz CT molecular complexity index is 683. The fourth-order valence-corrected chi connectivity index (χ4v) is 2.49. The van der Waals surface area contributed by atoms with Crippen LogP contribution in [0.15, 0.2) is 35.7 Å². The largest absolute Gasteiger partial charge is 0.389 e. The highest BCUT2D eigenvalue weighted by atomic mass is 32.1. The van der Waals surface area contributed by atoms with Crippen LogP contribution < -0.4 is 5.73 Å². The summed E-state index contributed by atoms with van der Waals surface area (Å²) in [5.74, 6) is 0.884. The molecule has 3 N–H and O–H groups in total. The van der Waals surface area contributed by atoms with Gasteiger partial charge in [-0.2, -0.15) is 0 Å². The Morgan fingerprint density at radius 2 is 2.24 bits per heavy atom. The van der Waals surface area contributed by atoms with Crippen LogP contribution in [0.5, 0.6) is 0 Å². The molecule has 0 radical (unpaired) electrons. The van der Waals surface area contributed by atoms with Crippen molar-refractivity contribution in [1.82, 2.24) is 9.97 Å². The lowest BCUT2D eigenvalue weighted by Gasteiger charge is -1.96. The molecule has 1 aromatic carbocycles. The molecule has 0 spiro atoms. The number of imidazole rings is 1. The highest BCUT2D eigenvalue weighted by Crippen LogP contribution is 2.24. The number of nitrogens with zero attached hydrogens (tertiary/aromatic N) is 1. The smallest absolute Gasteiger partial charge is 0.148 e. The quantitative estimate of drug-likeness (QED) is 0.696. The summed E-state index contributed by atoms with van der Waals surface area (Å²) >= 11 is 6.61. The SMILES string of the molecule is NC(=S)c1ccc2nc(-c3cccs3)[nH]c2c1. The predicted octanol–water partition coefficient (Wildman–Crippen LogP) is 2.93. The Labute approximate surface area is 107 Å². The minimum Gasteiger partial charge on any atom is -0.389 e. The molecule has 0 saturated carbocycles. The van der Waals surface area contributed by atoms with Crippen LogP contribution in [0.1, 0.15) is 5.56 Å². The molecule has 2 aromatic heterocycles. The first kappa shape index (κ1) is 10.4. The first-order valence-corrected chi connectivity index (χ1v) is 6.36. The summed E-state index contributed by atoms with van der Waals surface area (Å²) in [6, 6.07) is 9.80. The second-order valence-corrected chi connectivity index (χ2v) is 5.05. The number of aromatic amines is 1. The van der Waals surface area contributed by atoms with Gasteiger partial charge in [0.15, 0.2) is 0 Å². The number of nitrogens with two attached hydrogens (primary N) is 1. The zero-order valence-electron chi connectivity index (χ0n) is 8.81. The lowest BCUT2D eigenvalue weighted by molar-refractivity contribution is 1.36. The Hall–Kier alpha value is -1.72. The molecule has 0 amide bonds. The zero-order valence-corrected chi connectivity index (χ0v) is 10.4. The van der Waals surface area contributed by atoms with Crippen molar-refractivity contribution < 1.29 is 0 Å². The highest BCUT2D eigenvalue weighted by molar-refractivity contribution is 7.80. The Morgan fingerprint density at radius 3 is 2.94 bits per heavy atom. The molecular formula is C12H9N3S2. The third-order valence-electron chi connectivity index (χ3n) is 2.52. The third-order valence-corrected chi connectivity index (χ3v) is 3.63. The lowest BCUT2D eigenvalue weighted by Crippen LogP contribution is -2.08. The van der Waals surface area contributed by atoms with E-state index in [1.165, 1.54) is 0 Å². The van der Waals surface area contributed by atoms with Gasteiger partial charge in [0.2, 0.25) is 0 Å². The Kier molecular flexibility index (Phi) is 2.42. The van der Waals surface area contributed by atoms with E-state index in [4.69, 9.17) is 18.0 Å². The first-order valence-electron chi connectivity index (χ1n) is 5.07. The molecule has 3 nitrogen and oxygen atoms in total. The van der Waals surface area contributed by atoms with Gasteiger partial charge >= 0.3 is 0 Å². The molecule has 0 atom stereocenters. The molecule has 84 valence electrons. The van der Waals surface area contributed by atoms with Gasteiger partial charge in [-0.1, -0.05) is 18.3 Å². The van der Waals surface area contributed by atoms with Gasteiger partial charge in [0.25, 0.3) is 0 Å². The number of fused-ring (bicyclic) bond motifs is 1. The van der Waals surface area contributed by atoms with Crippen molar-refractivity contribution in [2.45, 2.75) is 0 Å². The van der Waals surface area contributed by atoms with Gasteiger partial charge in [0.1, 0.15) is 10.8 Å². The molecule has 0 fully saturated rings. The van der Waals surface area contributed by atoms with Gasteiger partial charge in [0, 0.05) is 5.56 Å². The Morgan fingerprint density at radius 1 is 1.35 bits per heavy atom. The summed E-state index contributed by atoms with van der Waals surface area (Å²) in [5, 5.41) is 2.03. The van der Waals surface area contributed by atoms with Crippen LogP contribution in [0.4, 0.5) is 0 Å². The Balaban J connectivity index is 2.16. The number of thiocarbonyl (C=S) groups is 1. The molecule has 0 aliphatic heterocycles. The maximum atomic E-state index is 5.61. The molecule has 17 heavy (non-hydrogen) atoms. The molecule has 0 bridgehead atoms. The van der Waals surface area contributed by atoms with Crippen LogP contribution in [-0.4, -0.2) is 15.0 Å². The van der Waals surface area contributed by atoms with E-state index in [-0.39, 0.29) is 0 Å². The van der Waals surface area contributed by atoms with Crippen LogP contribution in [0.3, 0.4) is 0 Å². The maximum Gasteiger partial charge on any atom is 0.148 e. The van der Waals surface area contributed by atoms with Crippen molar-refractivity contribution in [3.05, 3.63) is 41.3 Å². The number of thiophene rings is 1. The topological polar surface area (TPSA) is 54.7 Å². The van der Waals surface area contributed by atoms with Gasteiger partial charge in [-0.25, -0.2) is 4.98 Å². The minimum absolute atomic E-state index is 0.402. The second kappa shape index (κ2) is 3.94. The standard InChI is InChI=1S/C12H9N3S2/c13-11(16)7-3-4-8-9(6-7)15-12(14-8)10-2-1-5-17-10/h1-6H,(H2,13,16)(H,14,15). The van der Waals surface area contributed by atoms with E-state index in [0.29, 0.717) is 4.99 Å². The van der Waals surface area contributed by atoms with Crippen molar-refractivity contribution in [2.24, 2.45) is 5.73 Å². The molecular weight excluding hydrogens is 250 g/mol. The molecule has 0 aliphatic carbocycles. The third kappa shape index (κ3) is 1.83. The van der Waals surface area contributed by atoms with Crippen molar-refractivity contribution in [3.8, 4) is 10.7 Å². The van der Waals surface area contributed by atoms with Crippen LogP contribution in [0.25, 0.3) is 21.7 Å². The monoisotopic (exact) mass is 259 g/mol. The lowest BCUT2D eigenvalue weighted by atomic mass is 10.2. The average molecular weight is 259 g/mol. The van der Waals surface area contributed by atoms with E-state index in [1.807, 2.05) is 35.7 Å². The van der Waals surface area contributed by atoms with Gasteiger partial charge in [-0.15, -0.1) is 11.3 Å². The van der Waals surface area contributed by atoms with Crippen molar-refractivity contribution in [2.75, 3.05) is 0 Å². The van der Waals surface area contributed by atoms with Crippen molar-refractivity contribution >= 4 is 39.6 Å². The molecule has 0 aliphatic rings. The fraction of sp³-hybridized carbons (Fsp3) is 0. The maximum absolute atomic E-state index is 5.61. The molecule has 0 unspecified atom stereocenters. The van der Waals surface area contributed by atoms with Crippen LogP contribution >= 0.6 is 23.6 Å². The van der Waals surface area contributed by atoms with E-state index >= 15 is 0 Å². The summed E-state index contributed by atoms with van der Waals surface area (Å²) in [5.41, 5.74) is 8.34. The predicted molar refractivity (Wildman–Crippen MR) is 75.3 cm³/mol. The van der Waals surface area contributed by atoms with E-state index in [0.717, 1.165) is 27.3 Å². The van der Waals surface area contributed by atoms with Gasteiger partial charge in [0.05, 0.1) is 15.9 Å². The van der Waals surface area contributed by atoms with Crippen LogP contribution in [0, 0.1) is 0 Å². The fourth-order valence-electron chi connectivity index (χ4n) is 1.69. The second-order valence-electron chi connectivity index (χ2n) is 3.66. The zero-order chi connectivity index (χ0) is 11.8. The van der Waals surface area contributed by atoms with E-state index in [1.54, 1.807) is 11.3 Å². The first-order chi connectivity index (χ1) is 8.24. The molecule has 3 rings (SSSR count). The number of benzene rings is 1. The normalized spacial score (nSPS) is 10.8. The van der Waals surface area contributed by atoms with Gasteiger partial charge < -0.3 is 10.7 Å². The summed E-state index contributed by atoms with van der Waals surface area (Å²) in [6.07, 6.45) is 0. The van der Waals surface area contributed by atoms with Crippen LogP contribution in [-0.2, 0) is 0 Å². The summed E-state index contributed by atoms with van der Waals surface area (Å²) in [4.78, 5) is 9.33. The number of aromatic nitrogens is 2. The average Bonchev–Trinajstić information content (AvgIpc) is 2.96. The van der Waals surface area contributed by atoms with E-state index in [9.17, 15) is 0 Å². The van der Waals surface area contributed by atoms with E-state index < -0.39 is 0 Å². The van der Waals surface area contributed by atoms with Crippen LogP contribution in [0.2, 0.25) is 0 Å². The molecule has 3 aromatic rings. The van der Waals surface area contributed by atoms with Gasteiger partial charge in [-0.05, 0) is 29.6 Å². The highest BCUT2D eigenvalue weighted by Gasteiger charge is 2.07. The van der Waals surface area contributed by atoms with Crippen molar-refractivity contribution in [1.29, 1.82) is 0 Å². The summed E-state index contributed by atoms with van der Waals surface area (Å²) in [6.45, 7) is 0. The minimum atomic E-state index is 0.402. The number of nitrogens with one attached hydrogen (secondary N) is 1. The summed E-state index contributed by atoms with van der Waals surface area (Å²) in [7, 11) is 0.